The van der Waals surface area contributed by atoms with E-state index < -0.39 is 11.7 Å². The molecule has 6 aromatic heterocycles. The number of anilines is 5. The molecule has 0 unspecified atom stereocenters. The number of pyridine rings is 3. The maximum atomic E-state index is 12.5. The second-order valence-corrected chi connectivity index (χ2v) is 31.1. The molecule has 0 spiro atoms. The third-order valence-electron chi connectivity index (χ3n) is 17.5. The SMILES string of the molecule is C.C=CCCNc1nc(N(C)C(=O)OC(C)(C)C)nc(OCc2ccccc2)c1C=O.C=CCNc1nc(NCC=C)c(C=O)c(OCc2ccccc2)n1.C=Cc1c(OC)nc(N)nc1OCc1ccccc1.C=Cc1cc(C(C)(C)C)nc(Br)c1OCc1ccccc1.C=Cc1ccc(COc2cccnc2C=C)cc1.C=Cc1ncc(Br)cc1OCc1ccccc1. The summed E-state index contributed by atoms with van der Waals surface area (Å²) in [7, 11) is 3.01. The topological polar surface area (TPSA) is 306 Å². The standard InChI is InChI=1S/C22H28N4O4.C18H20BrNO.C18H20N4O2.C16H15NO.C14H12BrNO.C14H15N3O2.CH4/c1-6-7-13-23-18-17(14-27)19(29-15-16-11-9-8-10-12-16)25-20(24-18)26(5)21(28)30-22(2,3)4;1-5-14-11-15(18(2,3)4)20-17(19)16(14)21-12-13-9-7-6-8-10-13;1-3-10-19-16-15(12-23)17(22-18(21-16)20-11-4-2)24-13-14-8-6-5-7-9-14;1-3-13-7-9-14(10-8-13)12-18-16-6-5-11-17-15(16)4-2;1-2-13-14(8-12(15)9-16-13)17-10-11-6-4-3-5-7-11;1-3-11-12(18-2)16-14(15)17-13(11)19-9-10-7-5-4-6-8-10;/h6,8-12,14H,1,7,13,15H2,2-5H3,(H,23,24,25);5-11H,1,12H2,2-4H3;3-9,12H,1-2,10-11,13H2,(H2,19,20,21,22);3-11H,1-2,12H2;2-9H,1,10H2;3-8H,1,9H2,2H3,(H2,15,16,17);1H4. The lowest BCUT2D eigenvalue weighted by Crippen LogP contribution is -2.35. The summed E-state index contributed by atoms with van der Waals surface area (Å²) in [6, 6.07) is 64.8. The number of carbonyl (C=O) groups excluding carboxylic acids is 3. The molecule has 0 aliphatic heterocycles. The zero-order chi connectivity index (χ0) is 93.4. The molecule has 12 aromatic rings. The first-order valence-corrected chi connectivity index (χ1v) is 42.4. The molecule has 130 heavy (non-hydrogen) atoms. The van der Waals surface area contributed by atoms with Crippen LogP contribution < -0.4 is 59.7 Å². The van der Waals surface area contributed by atoms with Crippen LogP contribution in [-0.2, 0) is 49.8 Å². The smallest absolute Gasteiger partial charge is 0.416 e. The lowest BCUT2D eigenvalue weighted by Gasteiger charge is -2.24. The number of carbonyl (C=O) groups is 3. The Balaban J connectivity index is 0.000000242. The van der Waals surface area contributed by atoms with Crippen molar-refractivity contribution in [3.8, 4) is 40.8 Å². The minimum Gasteiger partial charge on any atom is -0.487 e. The Bertz CT molecular complexity index is 5620. The third-order valence-corrected chi connectivity index (χ3v) is 18.4. The Morgan fingerprint density at radius 2 is 0.931 bits per heavy atom. The molecular formula is C103H114Br2N14O11. The molecule has 0 radical (unpaired) electrons. The highest BCUT2D eigenvalue weighted by molar-refractivity contribution is 9.10. The van der Waals surface area contributed by atoms with Crippen molar-refractivity contribution in [3.63, 3.8) is 0 Å². The van der Waals surface area contributed by atoms with Crippen LogP contribution in [0, 0.1) is 0 Å². The van der Waals surface area contributed by atoms with E-state index in [0.717, 1.165) is 87.9 Å². The van der Waals surface area contributed by atoms with Crippen LogP contribution in [0.15, 0.2) is 293 Å². The normalized spacial score (nSPS) is 10.2. The van der Waals surface area contributed by atoms with Crippen molar-refractivity contribution >= 4 is 110 Å². The number of nitrogen functional groups attached to an aromatic ring is 1. The summed E-state index contributed by atoms with van der Waals surface area (Å²) in [6.07, 6.45) is 18.5. The number of aldehydes is 2. The molecule has 0 fully saturated rings. The first kappa shape index (κ1) is 104. The largest absolute Gasteiger partial charge is 0.487 e. The highest BCUT2D eigenvalue weighted by atomic mass is 79.9. The minimum absolute atomic E-state index is 0. The maximum absolute atomic E-state index is 12.5. The summed E-state index contributed by atoms with van der Waals surface area (Å²) in [5.74, 6) is 4.43. The van der Waals surface area contributed by atoms with Crippen LogP contribution in [0.2, 0.25) is 0 Å². The van der Waals surface area contributed by atoms with Gasteiger partial charge >= 0.3 is 6.09 Å². The molecule has 5 N–H and O–H groups in total. The molecule has 25 nitrogen and oxygen atoms in total. The van der Waals surface area contributed by atoms with Gasteiger partial charge in [-0.05, 0) is 134 Å². The van der Waals surface area contributed by atoms with E-state index in [1.54, 1.807) is 69.6 Å². The van der Waals surface area contributed by atoms with Crippen molar-refractivity contribution in [2.45, 2.75) is 106 Å². The Morgan fingerprint density at radius 1 is 0.469 bits per heavy atom. The molecule has 0 saturated carbocycles. The number of aromatic nitrogens is 9. The Morgan fingerprint density at radius 3 is 1.39 bits per heavy atom. The highest BCUT2D eigenvalue weighted by Gasteiger charge is 2.27. The number of hydrogen-bond acceptors (Lipinski definition) is 24. The second-order valence-electron chi connectivity index (χ2n) is 29.4. The van der Waals surface area contributed by atoms with Crippen LogP contribution in [-0.4, -0.2) is 103 Å². The van der Waals surface area contributed by atoms with Gasteiger partial charge in [0.1, 0.15) is 95.5 Å². The van der Waals surface area contributed by atoms with Gasteiger partial charge < -0.3 is 59.6 Å². The number of nitrogens with two attached hydrogens (primary N) is 1. The van der Waals surface area contributed by atoms with Crippen LogP contribution in [0.3, 0.4) is 0 Å². The van der Waals surface area contributed by atoms with Crippen LogP contribution in [0.5, 0.6) is 40.8 Å². The average Bonchev–Trinajstić information content (AvgIpc) is 0.823. The second kappa shape index (κ2) is 55.7. The number of benzene rings is 6. The van der Waals surface area contributed by atoms with Gasteiger partial charge in [0, 0.05) is 60.2 Å². The molecule has 0 aliphatic carbocycles. The molecule has 12 rings (SSSR count). The lowest BCUT2D eigenvalue weighted by molar-refractivity contribution is 0.0586. The number of methoxy groups -OCH3 is 1. The minimum atomic E-state index is -0.675. The maximum Gasteiger partial charge on any atom is 0.416 e. The summed E-state index contributed by atoms with van der Waals surface area (Å²) in [5.41, 5.74) is 16.8. The fraction of sp³-hybridized carbons (Fsp3) is 0.204. The molecule has 1 amide bonds. The molecule has 27 heteroatoms. The quantitative estimate of drug-likeness (QED) is 0.0122. The number of amides is 1. The average molecular weight is 1880 g/mol. The van der Waals surface area contributed by atoms with Crippen molar-refractivity contribution in [2.75, 3.05) is 60.4 Å². The Kier molecular flexibility index (Phi) is 44.6. The van der Waals surface area contributed by atoms with E-state index in [1.165, 1.54) is 19.1 Å². The van der Waals surface area contributed by atoms with Gasteiger partial charge in [-0.15, -0.1) is 19.7 Å². The van der Waals surface area contributed by atoms with Gasteiger partial charge in [-0.2, -0.15) is 29.9 Å². The van der Waals surface area contributed by atoms with Gasteiger partial charge in [-0.1, -0.05) is 273 Å². The predicted octanol–water partition coefficient (Wildman–Crippen LogP) is 23.6. The van der Waals surface area contributed by atoms with Gasteiger partial charge in [-0.3, -0.25) is 19.6 Å². The van der Waals surface area contributed by atoms with E-state index in [-0.39, 0.29) is 60.0 Å². The van der Waals surface area contributed by atoms with Crippen molar-refractivity contribution in [3.05, 3.63) is 371 Å². The number of ether oxygens (including phenoxy) is 8. The molecule has 0 atom stereocenters. The zero-order valence-corrected chi connectivity index (χ0v) is 77.2. The highest BCUT2D eigenvalue weighted by Crippen LogP contribution is 2.35. The summed E-state index contributed by atoms with van der Waals surface area (Å²) in [6.45, 7) is 45.4. The first-order valence-electron chi connectivity index (χ1n) is 40.8. The first-order chi connectivity index (χ1) is 62.3. The van der Waals surface area contributed by atoms with Crippen LogP contribution in [0.4, 0.5) is 34.3 Å². The fourth-order valence-electron chi connectivity index (χ4n) is 10.9. The monoisotopic (exact) mass is 1880 g/mol. The number of rotatable bonds is 37. The molecular weight excluding hydrogens is 1770 g/mol. The van der Waals surface area contributed by atoms with Crippen LogP contribution in [0.25, 0.3) is 30.4 Å². The van der Waals surface area contributed by atoms with Crippen LogP contribution in [0.1, 0.15) is 143 Å². The zero-order valence-electron chi connectivity index (χ0n) is 74.0. The van der Waals surface area contributed by atoms with Gasteiger partial charge in [0.2, 0.25) is 41.4 Å². The molecule has 0 saturated heterocycles. The number of hydrogen-bond donors (Lipinski definition) is 4. The summed E-state index contributed by atoms with van der Waals surface area (Å²) < 4.78 is 46.7. The van der Waals surface area contributed by atoms with E-state index in [9.17, 15) is 14.4 Å². The van der Waals surface area contributed by atoms with Gasteiger partial charge in [0.05, 0.1) is 12.7 Å². The molecule has 6 heterocycles. The molecule has 0 aliphatic rings. The Hall–Kier alpha value is -14.7. The summed E-state index contributed by atoms with van der Waals surface area (Å²) in [5, 5.41) is 9.10. The van der Waals surface area contributed by atoms with E-state index >= 15 is 0 Å². The number of nitrogens with zero attached hydrogens (tertiary/aromatic N) is 10. The van der Waals surface area contributed by atoms with Gasteiger partial charge in [-0.25, -0.2) is 14.7 Å². The Labute approximate surface area is 780 Å². The van der Waals surface area contributed by atoms with E-state index in [2.05, 4.69) is 166 Å². The summed E-state index contributed by atoms with van der Waals surface area (Å²) >= 11 is 6.90. The number of nitrogens with one attached hydrogen (secondary N) is 3. The third kappa shape index (κ3) is 35.3. The van der Waals surface area contributed by atoms with E-state index in [1.807, 2.05) is 212 Å². The van der Waals surface area contributed by atoms with Crippen molar-refractivity contribution in [1.82, 2.24) is 44.9 Å². The lowest BCUT2D eigenvalue weighted by atomic mass is 9.91. The molecule has 6 aromatic carbocycles. The van der Waals surface area contributed by atoms with Gasteiger partial charge in [0.25, 0.3) is 0 Å². The van der Waals surface area contributed by atoms with E-state index in [0.29, 0.717) is 101 Å². The molecule has 676 valence electrons. The summed E-state index contributed by atoms with van der Waals surface area (Å²) in [4.78, 5) is 75.1. The molecule has 0 bridgehead atoms. The number of halogens is 2. The van der Waals surface area contributed by atoms with Crippen molar-refractivity contribution in [2.24, 2.45) is 0 Å². The van der Waals surface area contributed by atoms with Crippen LogP contribution >= 0.6 is 31.9 Å². The fourth-order valence-corrected chi connectivity index (χ4v) is 11.7. The van der Waals surface area contributed by atoms with Crippen molar-refractivity contribution < 1.29 is 52.3 Å². The van der Waals surface area contributed by atoms with Gasteiger partial charge in [0.15, 0.2) is 18.3 Å². The predicted molar refractivity (Wildman–Crippen MR) is 532 cm³/mol. The van der Waals surface area contributed by atoms with Crippen molar-refractivity contribution in [1.29, 1.82) is 0 Å². The van der Waals surface area contributed by atoms with E-state index in [4.69, 9.17) is 43.6 Å².